The zero-order valence-electron chi connectivity index (χ0n) is 10.3. The maximum absolute atomic E-state index is 11.9. The Hall–Kier alpha value is -1.70. The van der Waals surface area contributed by atoms with E-state index in [-0.39, 0.29) is 12.5 Å². The van der Waals surface area contributed by atoms with Gasteiger partial charge in [-0.2, -0.15) is 0 Å². The molecule has 1 unspecified atom stereocenters. The normalized spacial score (nSPS) is 12.4. The molecule has 0 fully saturated rings. The van der Waals surface area contributed by atoms with Crippen molar-refractivity contribution in [3.63, 3.8) is 0 Å². The third-order valence-electron chi connectivity index (χ3n) is 2.45. The minimum absolute atomic E-state index is 0.0115. The van der Waals surface area contributed by atoms with Crippen LogP contribution < -0.4 is 5.32 Å². The third-order valence-corrected chi connectivity index (χ3v) is 3.44. The lowest BCUT2D eigenvalue weighted by Gasteiger charge is -2.07. The number of nitrogens with zero attached hydrogens (tertiary/aromatic N) is 1. The fraction of sp³-hybridized carbons (Fsp3) is 0.333. The number of carbonyl (C=O) groups excluding carboxylic acids is 1. The number of furan rings is 1. The lowest BCUT2D eigenvalue weighted by Crippen LogP contribution is -2.34. The Kier molecular flexibility index (Phi) is 4.31. The first-order valence-corrected chi connectivity index (χ1v) is 6.52. The summed E-state index contributed by atoms with van der Waals surface area (Å²) in [7, 11) is 0. The van der Waals surface area contributed by atoms with Crippen LogP contribution in [0.3, 0.4) is 0 Å². The van der Waals surface area contributed by atoms with E-state index < -0.39 is 12.7 Å². The van der Waals surface area contributed by atoms with Gasteiger partial charge >= 0.3 is 0 Å². The molecule has 0 radical (unpaired) electrons. The van der Waals surface area contributed by atoms with Gasteiger partial charge in [0.2, 0.25) is 0 Å². The lowest BCUT2D eigenvalue weighted by atomic mass is 10.3. The molecule has 2 heterocycles. The van der Waals surface area contributed by atoms with Crippen LogP contribution in [0.4, 0.5) is 0 Å². The van der Waals surface area contributed by atoms with E-state index in [1.54, 1.807) is 25.3 Å². The second kappa shape index (κ2) is 5.96. The highest BCUT2D eigenvalue weighted by molar-refractivity contribution is 7.15. The van der Waals surface area contributed by atoms with Gasteiger partial charge in [-0.05, 0) is 19.1 Å². The molecule has 0 aliphatic rings. The molecule has 0 bridgehead atoms. The minimum atomic E-state index is -0.965. The summed E-state index contributed by atoms with van der Waals surface area (Å²) in [6.45, 7) is 1.39. The van der Waals surface area contributed by atoms with Crippen LogP contribution in [0.15, 0.2) is 22.8 Å². The molecule has 1 amide bonds. The van der Waals surface area contributed by atoms with Gasteiger partial charge in [-0.25, -0.2) is 4.98 Å². The standard InChI is InChI=1S/C12H14N2O4S/c1-7-10(11(17)13-5-8(16)6-15)14-12(19-7)9-3-2-4-18-9/h2-4,8,15-16H,5-6H2,1H3,(H,13,17). The van der Waals surface area contributed by atoms with Gasteiger partial charge < -0.3 is 19.9 Å². The quantitative estimate of drug-likeness (QED) is 0.753. The van der Waals surface area contributed by atoms with Gasteiger partial charge in [0.1, 0.15) is 5.69 Å². The Bertz CT molecular complexity index is 550. The molecule has 0 aliphatic heterocycles. The molecule has 0 saturated carbocycles. The first-order chi connectivity index (χ1) is 9.11. The molecule has 6 nitrogen and oxygen atoms in total. The van der Waals surface area contributed by atoms with E-state index in [9.17, 15) is 9.90 Å². The summed E-state index contributed by atoms with van der Waals surface area (Å²) in [5.74, 6) is 0.238. The van der Waals surface area contributed by atoms with Gasteiger partial charge in [-0.1, -0.05) is 0 Å². The molecule has 0 aromatic carbocycles. The Labute approximate surface area is 113 Å². The Morgan fingerprint density at radius 3 is 3.05 bits per heavy atom. The number of nitrogens with one attached hydrogen (secondary N) is 1. The molecular weight excluding hydrogens is 268 g/mol. The lowest BCUT2D eigenvalue weighted by molar-refractivity contribution is 0.0799. The average Bonchev–Trinajstić information content (AvgIpc) is 3.04. The number of aryl methyl sites for hydroxylation is 1. The first kappa shape index (κ1) is 13.7. The number of thiazole rings is 1. The van der Waals surface area contributed by atoms with Crippen molar-refractivity contribution in [3.05, 3.63) is 29.0 Å². The van der Waals surface area contributed by atoms with Crippen LogP contribution in [0.1, 0.15) is 15.4 Å². The maximum atomic E-state index is 11.9. The molecular formula is C12H14N2O4S. The van der Waals surface area contributed by atoms with Crippen molar-refractivity contribution in [2.45, 2.75) is 13.0 Å². The summed E-state index contributed by atoms with van der Waals surface area (Å²) in [5, 5.41) is 21.0. The molecule has 19 heavy (non-hydrogen) atoms. The Morgan fingerprint density at radius 1 is 1.63 bits per heavy atom. The van der Waals surface area contributed by atoms with Crippen molar-refractivity contribution in [1.29, 1.82) is 0 Å². The maximum Gasteiger partial charge on any atom is 0.271 e. The highest BCUT2D eigenvalue weighted by Gasteiger charge is 2.17. The number of aromatic nitrogens is 1. The van der Waals surface area contributed by atoms with Crippen molar-refractivity contribution < 1.29 is 19.4 Å². The molecule has 1 atom stereocenters. The molecule has 2 aromatic rings. The van der Waals surface area contributed by atoms with E-state index in [0.29, 0.717) is 16.5 Å². The SMILES string of the molecule is Cc1sc(-c2ccco2)nc1C(=O)NCC(O)CO. The van der Waals surface area contributed by atoms with E-state index in [0.717, 1.165) is 4.88 Å². The van der Waals surface area contributed by atoms with Crippen LogP contribution in [0, 0.1) is 6.92 Å². The largest absolute Gasteiger partial charge is 0.462 e. The molecule has 0 spiro atoms. The molecule has 7 heteroatoms. The monoisotopic (exact) mass is 282 g/mol. The smallest absolute Gasteiger partial charge is 0.271 e. The van der Waals surface area contributed by atoms with Crippen LogP contribution in [0.2, 0.25) is 0 Å². The van der Waals surface area contributed by atoms with Crippen molar-refractivity contribution in [1.82, 2.24) is 10.3 Å². The topological polar surface area (TPSA) is 95.6 Å². The van der Waals surface area contributed by atoms with Crippen LogP contribution in [0.5, 0.6) is 0 Å². The van der Waals surface area contributed by atoms with Gasteiger partial charge in [-0.15, -0.1) is 11.3 Å². The predicted octanol–water partition coefficient (Wildman–Crippen LogP) is 0.795. The molecule has 2 rings (SSSR count). The van der Waals surface area contributed by atoms with E-state index >= 15 is 0 Å². The summed E-state index contributed by atoms with van der Waals surface area (Å²) in [4.78, 5) is 16.9. The second-order valence-electron chi connectivity index (χ2n) is 3.95. The van der Waals surface area contributed by atoms with Gasteiger partial charge in [-0.3, -0.25) is 4.79 Å². The Balaban J connectivity index is 2.10. The van der Waals surface area contributed by atoms with Gasteiger partial charge in [0.15, 0.2) is 10.8 Å². The van der Waals surface area contributed by atoms with Crippen LogP contribution >= 0.6 is 11.3 Å². The van der Waals surface area contributed by atoms with Gasteiger partial charge in [0.05, 0.1) is 19.0 Å². The van der Waals surface area contributed by atoms with E-state index in [4.69, 9.17) is 9.52 Å². The van der Waals surface area contributed by atoms with Crippen molar-refractivity contribution in [3.8, 4) is 10.8 Å². The second-order valence-corrected chi connectivity index (χ2v) is 5.15. The van der Waals surface area contributed by atoms with E-state index in [2.05, 4.69) is 10.3 Å². The van der Waals surface area contributed by atoms with Crippen LogP contribution in [-0.2, 0) is 0 Å². The number of aliphatic hydroxyl groups excluding tert-OH is 2. The summed E-state index contributed by atoms with van der Waals surface area (Å²) in [6, 6.07) is 3.53. The Morgan fingerprint density at radius 2 is 2.42 bits per heavy atom. The summed E-state index contributed by atoms with van der Waals surface area (Å²) in [6.07, 6.45) is 0.580. The summed E-state index contributed by atoms with van der Waals surface area (Å²) in [5.41, 5.74) is 0.307. The van der Waals surface area contributed by atoms with E-state index in [1.807, 2.05) is 0 Å². The fourth-order valence-corrected chi connectivity index (χ4v) is 2.35. The number of rotatable bonds is 5. The van der Waals surface area contributed by atoms with Crippen LogP contribution in [-0.4, -0.2) is 40.4 Å². The summed E-state index contributed by atoms with van der Waals surface area (Å²) < 4.78 is 5.23. The molecule has 0 saturated heterocycles. The first-order valence-electron chi connectivity index (χ1n) is 5.70. The van der Waals surface area contributed by atoms with Gasteiger partial charge in [0, 0.05) is 11.4 Å². The van der Waals surface area contributed by atoms with Gasteiger partial charge in [0.25, 0.3) is 5.91 Å². The van der Waals surface area contributed by atoms with Crippen LogP contribution in [0.25, 0.3) is 10.8 Å². The predicted molar refractivity (Wildman–Crippen MR) is 70.0 cm³/mol. The molecule has 0 aliphatic carbocycles. The third kappa shape index (κ3) is 3.19. The highest BCUT2D eigenvalue weighted by Crippen LogP contribution is 2.27. The molecule has 2 aromatic heterocycles. The van der Waals surface area contributed by atoms with Crippen molar-refractivity contribution >= 4 is 17.2 Å². The van der Waals surface area contributed by atoms with Crippen molar-refractivity contribution in [2.24, 2.45) is 0 Å². The number of carbonyl (C=O) groups is 1. The summed E-state index contributed by atoms with van der Waals surface area (Å²) >= 11 is 1.36. The molecule has 102 valence electrons. The molecule has 3 N–H and O–H groups in total. The minimum Gasteiger partial charge on any atom is -0.462 e. The zero-order chi connectivity index (χ0) is 13.8. The number of hydrogen-bond acceptors (Lipinski definition) is 6. The number of aliphatic hydroxyl groups is 2. The van der Waals surface area contributed by atoms with Crippen molar-refractivity contribution in [2.75, 3.05) is 13.2 Å². The number of hydrogen-bond donors (Lipinski definition) is 3. The zero-order valence-corrected chi connectivity index (χ0v) is 11.1. The fourth-order valence-electron chi connectivity index (χ4n) is 1.47. The van der Waals surface area contributed by atoms with E-state index in [1.165, 1.54) is 11.3 Å². The highest BCUT2D eigenvalue weighted by atomic mass is 32.1. The number of amides is 1. The average molecular weight is 282 g/mol.